The smallest absolute Gasteiger partial charge is 0.258 e. The first-order valence-corrected chi connectivity index (χ1v) is 8.03. The number of halogens is 1. The highest BCUT2D eigenvalue weighted by atomic mass is 79.9. The summed E-state index contributed by atoms with van der Waals surface area (Å²) in [7, 11) is 0. The highest BCUT2D eigenvalue weighted by Crippen LogP contribution is 2.32. The van der Waals surface area contributed by atoms with E-state index in [4.69, 9.17) is 0 Å². The molecule has 2 aromatic carbocycles. The molecule has 3 heteroatoms. The fourth-order valence-electron chi connectivity index (χ4n) is 3.07. The Hall–Kier alpha value is -1.61. The van der Waals surface area contributed by atoms with Gasteiger partial charge in [-0.2, -0.15) is 0 Å². The average Bonchev–Trinajstić information content (AvgIpc) is 2.45. The van der Waals surface area contributed by atoms with Crippen LogP contribution in [0.5, 0.6) is 0 Å². The highest BCUT2D eigenvalue weighted by Gasteiger charge is 2.25. The normalized spacial score (nSPS) is 14.0. The van der Waals surface area contributed by atoms with Crippen LogP contribution in [-0.2, 0) is 6.42 Å². The standard InChI is InChI=1S/C18H18BrNO/c1-12-9-15(11-16(19)10-12)18(21)20-8-4-7-14-6-3-5-13(2)17(14)20/h3,5-6,9-11H,4,7-8H2,1-2H3. The lowest BCUT2D eigenvalue weighted by Gasteiger charge is -2.31. The largest absolute Gasteiger partial charge is 0.308 e. The average molecular weight is 344 g/mol. The van der Waals surface area contributed by atoms with E-state index in [1.807, 2.05) is 30.0 Å². The van der Waals surface area contributed by atoms with Crippen LogP contribution in [0.4, 0.5) is 5.69 Å². The second-order valence-corrected chi connectivity index (χ2v) is 6.58. The Labute approximate surface area is 133 Å². The summed E-state index contributed by atoms with van der Waals surface area (Å²) < 4.78 is 0.952. The number of hydrogen-bond acceptors (Lipinski definition) is 1. The molecule has 0 spiro atoms. The summed E-state index contributed by atoms with van der Waals surface area (Å²) in [5, 5.41) is 0. The van der Waals surface area contributed by atoms with Gasteiger partial charge < -0.3 is 4.90 Å². The quantitative estimate of drug-likeness (QED) is 0.737. The van der Waals surface area contributed by atoms with Gasteiger partial charge in [0.15, 0.2) is 0 Å². The van der Waals surface area contributed by atoms with Crippen LogP contribution in [0.1, 0.15) is 33.5 Å². The van der Waals surface area contributed by atoms with Crippen LogP contribution in [0.2, 0.25) is 0 Å². The predicted molar refractivity (Wildman–Crippen MR) is 90.1 cm³/mol. The molecular formula is C18H18BrNO. The molecule has 0 aliphatic carbocycles. The van der Waals surface area contributed by atoms with Crippen molar-refractivity contribution in [1.29, 1.82) is 0 Å². The first-order valence-electron chi connectivity index (χ1n) is 7.24. The van der Waals surface area contributed by atoms with Gasteiger partial charge in [0.2, 0.25) is 0 Å². The molecule has 1 aliphatic rings. The number of carbonyl (C=O) groups excluding carboxylic acids is 1. The number of aryl methyl sites for hydroxylation is 3. The van der Waals surface area contributed by atoms with Crippen molar-refractivity contribution in [2.45, 2.75) is 26.7 Å². The molecule has 2 nitrogen and oxygen atoms in total. The molecule has 0 N–H and O–H groups in total. The van der Waals surface area contributed by atoms with Crippen molar-refractivity contribution in [1.82, 2.24) is 0 Å². The summed E-state index contributed by atoms with van der Waals surface area (Å²) >= 11 is 3.48. The van der Waals surface area contributed by atoms with E-state index in [2.05, 4.69) is 41.1 Å². The second-order valence-electron chi connectivity index (χ2n) is 5.66. The molecule has 1 amide bonds. The number of benzene rings is 2. The Morgan fingerprint density at radius 1 is 1.19 bits per heavy atom. The van der Waals surface area contributed by atoms with Gasteiger partial charge in [0.25, 0.3) is 5.91 Å². The molecule has 0 bridgehead atoms. The van der Waals surface area contributed by atoms with Crippen molar-refractivity contribution in [2.75, 3.05) is 11.4 Å². The third-order valence-electron chi connectivity index (χ3n) is 3.95. The van der Waals surface area contributed by atoms with E-state index in [9.17, 15) is 4.79 Å². The zero-order valence-corrected chi connectivity index (χ0v) is 13.9. The van der Waals surface area contributed by atoms with Gasteiger partial charge >= 0.3 is 0 Å². The Morgan fingerprint density at radius 3 is 2.76 bits per heavy atom. The summed E-state index contributed by atoms with van der Waals surface area (Å²) in [5.41, 5.74) is 5.40. The van der Waals surface area contributed by atoms with Gasteiger partial charge in [-0.05, 0) is 61.6 Å². The fourth-order valence-corrected chi connectivity index (χ4v) is 3.67. The zero-order valence-electron chi connectivity index (χ0n) is 12.3. The molecular weight excluding hydrogens is 326 g/mol. The number of fused-ring (bicyclic) bond motifs is 1. The first kappa shape index (κ1) is 14.3. The SMILES string of the molecule is Cc1cc(Br)cc(C(=O)N2CCCc3cccc(C)c32)c1. The molecule has 0 saturated carbocycles. The van der Waals surface area contributed by atoms with Gasteiger partial charge in [0.1, 0.15) is 0 Å². The monoisotopic (exact) mass is 343 g/mol. The third-order valence-corrected chi connectivity index (χ3v) is 4.41. The van der Waals surface area contributed by atoms with Crippen LogP contribution in [0.25, 0.3) is 0 Å². The number of rotatable bonds is 1. The van der Waals surface area contributed by atoms with E-state index in [1.165, 1.54) is 11.1 Å². The van der Waals surface area contributed by atoms with Crippen LogP contribution in [-0.4, -0.2) is 12.5 Å². The van der Waals surface area contributed by atoms with E-state index in [-0.39, 0.29) is 5.91 Å². The molecule has 0 radical (unpaired) electrons. The maximum atomic E-state index is 12.9. The molecule has 0 fully saturated rings. The zero-order chi connectivity index (χ0) is 15.0. The second kappa shape index (κ2) is 5.64. The van der Waals surface area contributed by atoms with Gasteiger partial charge in [0, 0.05) is 16.6 Å². The lowest BCUT2D eigenvalue weighted by molar-refractivity contribution is 0.0985. The van der Waals surface area contributed by atoms with Gasteiger partial charge in [0.05, 0.1) is 5.69 Å². The molecule has 2 aromatic rings. The van der Waals surface area contributed by atoms with Crippen LogP contribution >= 0.6 is 15.9 Å². The summed E-state index contributed by atoms with van der Waals surface area (Å²) in [6.45, 7) is 4.88. The van der Waals surface area contributed by atoms with E-state index < -0.39 is 0 Å². The lowest BCUT2D eigenvalue weighted by atomic mass is 9.97. The van der Waals surface area contributed by atoms with Crippen LogP contribution in [0.15, 0.2) is 40.9 Å². The van der Waals surface area contributed by atoms with Crippen molar-refractivity contribution < 1.29 is 4.79 Å². The van der Waals surface area contributed by atoms with Gasteiger partial charge in [-0.3, -0.25) is 4.79 Å². The molecule has 0 aromatic heterocycles. The number of anilines is 1. The van der Waals surface area contributed by atoms with Crippen molar-refractivity contribution in [3.63, 3.8) is 0 Å². The number of nitrogens with zero attached hydrogens (tertiary/aromatic N) is 1. The number of carbonyl (C=O) groups is 1. The lowest BCUT2D eigenvalue weighted by Crippen LogP contribution is -2.36. The summed E-state index contributed by atoms with van der Waals surface area (Å²) in [5.74, 6) is 0.0923. The minimum Gasteiger partial charge on any atom is -0.308 e. The van der Waals surface area contributed by atoms with Gasteiger partial charge in [-0.25, -0.2) is 0 Å². The fraction of sp³-hybridized carbons (Fsp3) is 0.278. The van der Waals surface area contributed by atoms with Crippen molar-refractivity contribution in [3.05, 3.63) is 63.1 Å². The number of amides is 1. The topological polar surface area (TPSA) is 20.3 Å². The molecule has 3 rings (SSSR count). The summed E-state index contributed by atoms with van der Waals surface area (Å²) in [4.78, 5) is 14.9. The summed E-state index contributed by atoms with van der Waals surface area (Å²) in [6, 6.07) is 12.2. The molecule has 0 saturated heterocycles. The maximum absolute atomic E-state index is 12.9. The van der Waals surface area contributed by atoms with E-state index in [0.717, 1.165) is 40.7 Å². The molecule has 0 unspecified atom stereocenters. The minimum absolute atomic E-state index is 0.0923. The van der Waals surface area contributed by atoms with Crippen molar-refractivity contribution in [2.24, 2.45) is 0 Å². The van der Waals surface area contributed by atoms with E-state index >= 15 is 0 Å². The molecule has 1 heterocycles. The molecule has 0 atom stereocenters. The number of para-hydroxylation sites is 1. The van der Waals surface area contributed by atoms with Crippen molar-refractivity contribution >= 4 is 27.5 Å². The van der Waals surface area contributed by atoms with Crippen LogP contribution < -0.4 is 4.90 Å². The van der Waals surface area contributed by atoms with Gasteiger partial charge in [-0.15, -0.1) is 0 Å². The summed E-state index contributed by atoms with van der Waals surface area (Å²) in [6.07, 6.45) is 2.08. The van der Waals surface area contributed by atoms with E-state index in [1.54, 1.807) is 0 Å². The molecule has 108 valence electrons. The Balaban J connectivity index is 2.04. The van der Waals surface area contributed by atoms with Crippen molar-refractivity contribution in [3.8, 4) is 0 Å². The predicted octanol–water partition coefficient (Wildman–Crippen LogP) is 4.66. The van der Waals surface area contributed by atoms with E-state index in [0.29, 0.717) is 0 Å². The minimum atomic E-state index is 0.0923. The first-order chi connectivity index (χ1) is 10.1. The number of hydrogen-bond donors (Lipinski definition) is 0. The highest BCUT2D eigenvalue weighted by molar-refractivity contribution is 9.10. The van der Waals surface area contributed by atoms with Gasteiger partial charge in [-0.1, -0.05) is 34.1 Å². The maximum Gasteiger partial charge on any atom is 0.258 e. The van der Waals surface area contributed by atoms with Crippen LogP contribution in [0, 0.1) is 13.8 Å². The Bertz CT molecular complexity index is 688. The van der Waals surface area contributed by atoms with Crippen LogP contribution in [0.3, 0.4) is 0 Å². The molecule has 21 heavy (non-hydrogen) atoms. The molecule has 1 aliphatic heterocycles. The third kappa shape index (κ3) is 2.75. The Morgan fingerprint density at radius 2 is 2.00 bits per heavy atom. The Kier molecular flexibility index (Phi) is 3.85.